The molecule has 0 aliphatic rings. The monoisotopic (exact) mass is 185 g/mol. The molecule has 70 valence electrons. The summed E-state index contributed by atoms with van der Waals surface area (Å²) in [5, 5.41) is 5.46. The molecule has 0 saturated carbocycles. The van der Waals surface area contributed by atoms with Gasteiger partial charge < -0.3 is 5.32 Å². The molecular formula is C10H19NS. The van der Waals surface area contributed by atoms with Crippen LogP contribution in [0.15, 0.2) is 17.5 Å². The summed E-state index contributed by atoms with van der Waals surface area (Å²) in [5.74, 6) is 0. The van der Waals surface area contributed by atoms with E-state index in [0.717, 1.165) is 13.1 Å². The van der Waals surface area contributed by atoms with E-state index in [1.807, 2.05) is 25.2 Å². The van der Waals surface area contributed by atoms with Crippen LogP contribution in [0.1, 0.15) is 32.1 Å². The molecule has 0 spiro atoms. The number of thiophene rings is 1. The van der Waals surface area contributed by atoms with Crippen LogP contribution >= 0.6 is 11.3 Å². The second-order valence-corrected chi connectivity index (χ2v) is 3.29. The molecule has 0 fully saturated rings. The fraction of sp³-hybridized carbons (Fsp3) is 0.600. The second kappa shape index (κ2) is 8.75. The second-order valence-electron chi connectivity index (χ2n) is 2.26. The van der Waals surface area contributed by atoms with Gasteiger partial charge in [0.2, 0.25) is 0 Å². The molecule has 12 heavy (non-hydrogen) atoms. The Bertz CT molecular complexity index is 158. The van der Waals surface area contributed by atoms with E-state index in [1.165, 1.54) is 11.3 Å². The van der Waals surface area contributed by atoms with Gasteiger partial charge in [-0.15, -0.1) is 11.3 Å². The lowest BCUT2D eigenvalue weighted by Crippen LogP contribution is -2.12. The lowest BCUT2D eigenvalue weighted by atomic mass is 10.4. The minimum absolute atomic E-state index is 1.03. The van der Waals surface area contributed by atoms with Crippen LogP contribution in [0.5, 0.6) is 0 Å². The molecule has 0 saturated heterocycles. The largest absolute Gasteiger partial charge is 0.312 e. The van der Waals surface area contributed by atoms with Crippen molar-refractivity contribution in [3.05, 3.63) is 22.4 Å². The van der Waals surface area contributed by atoms with Gasteiger partial charge in [0.1, 0.15) is 0 Å². The summed E-state index contributed by atoms with van der Waals surface area (Å²) >= 11 is 1.81. The van der Waals surface area contributed by atoms with Crippen LogP contribution < -0.4 is 5.32 Å². The quantitative estimate of drug-likeness (QED) is 0.710. The molecule has 1 rings (SSSR count). The molecule has 1 nitrogen and oxygen atoms in total. The summed E-state index contributed by atoms with van der Waals surface area (Å²) < 4.78 is 0. The number of hydrogen-bond acceptors (Lipinski definition) is 2. The summed E-state index contributed by atoms with van der Waals surface area (Å²) in [4.78, 5) is 1.42. The molecule has 2 heteroatoms. The van der Waals surface area contributed by atoms with Gasteiger partial charge in [0.15, 0.2) is 0 Å². The average Bonchev–Trinajstić information content (AvgIpc) is 2.61. The van der Waals surface area contributed by atoms with Crippen LogP contribution in [-0.4, -0.2) is 6.54 Å². The first-order valence-corrected chi connectivity index (χ1v) is 5.54. The van der Waals surface area contributed by atoms with Crippen molar-refractivity contribution in [1.29, 1.82) is 0 Å². The van der Waals surface area contributed by atoms with E-state index < -0.39 is 0 Å². The van der Waals surface area contributed by atoms with Crippen LogP contribution in [0, 0.1) is 0 Å². The molecule has 0 aliphatic carbocycles. The smallest absolute Gasteiger partial charge is 0.0299 e. The Kier molecular flexibility index (Phi) is 8.51. The standard InChI is InChI=1S/C8H13NS.C2H6/c1-2-5-9-7-8-4-3-6-10-8;1-2/h3-4,6,9H,2,5,7H2,1H3;1-2H3. The summed E-state index contributed by atoms with van der Waals surface area (Å²) in [6.07, 6.45) is 1.21. The van der Waals surface area contributed by atoms with E-state index in [2.05, 4.69) is 29.8 Å². The lowest BCUT2D eigenvalue weighted by Gasteiger charge is -1.97. The Balaban J connectivity index is 0.000000561. The Hall–Kier alpha value is -0.340. The molecule has 0 atom stereocenters. The third-order valence-corrected chi connectivity index (χ3v) is 2.18. The Labute approximate surface area is 79.8 Å². The molecule has 0 amide bonds. The average molecular weight is 185 g/mol. The first kappa shape index (κ1) is 11.7. The van der Waals surface area contributed by atoms with E-state index in [9.17, 15) is 0 Å². The van der Waals surface area contributed by atoms with Crippen molar-refractivity contribution >= 4 is 11.3 Å². The van der Waals surface area contributed by atoms with Gasteiger partial charge in [-0.25, -0.2) is 0 Å². The molecule has 0 unspecified atom stereocenters. The molecule has 0 aliphatic heterocycles. The first-order chi connectivity index (χ1) is 5.93. The van der Waals surface area contributed by atoms with E-state index in [4.69, 9.17) is 0 Å². The molecule has 0 bridgehead atoms. The van der Waals surface area contributed by atoms with E-state index in [-0.39, 0.29) is 0 Å². The van der Waals surface area contributed by atoms with Gasteiger partial charge in [-0.1, -0.05) is 26.8 Å². The van der Waals surface area contributed by atoms with Crippen molar-refractivity contribution in [2.24, 2.45) is 0 Å². The highest BCUT2D eigenvalue weighted by atomic mass is 32.1. The Morgan fingerprint density at radius 3 is 2.67 bits per heavy atom. The summed E-state index contributed by atoms with van der Waals surface area (Å²) in [5.41, 5.74) is 0. The predicted octanol–water partition coefficient (Wildman–Crippen LogP) is 3.27. The maximum atomic E-state index is 3.35. The SMILES string of the molecule is CC.CCCNCc1cccs1. The predicted molar refractivity (Wildman–Crippen MR) is 57.7 cm³/mol. The molecule has 1 N–H and O–H groups in total. The molecular weight excluding hydrogens is 166 g/mol. The summed E-state index contributed by atoms with van der Waals surface area (Å²) in [6, 6.07) is 4.25. The van der Waals surface area contributed by atoms with Crippen LogP contribution in [0.2, 0.25) is 0 Å². The van der Waals surface area contributed by atoms with Gasteiger partial charge in [0.25, 0.3) is 0 Å². The zero-order valence-corrected chi connectivity index (χ0v) is 9.08. The third kappa shape index (κ3) is 5.33. The van der Waals surface area contributed by atoms with Crippen molar-refractivity contribution in [2.45, 2.75) is 33.7 Å². The van der Waals surface area contributed by atoms with Gasteiger partial charge in [-0.3, -0.25) is 0 Å². The van der Waals surface area contributed by atoms with Crippen LogP contribution in [0.25, 0.3) is 0 Å². The maximum Gasteiger partial charge on any atom is 0.0299 e. The number of hydrogen-bond donors (Lipinski definition) is 1. The summed E-state index contributed by atoms with van der Waals surface area (Å²) in [7, 11) is 0. The van der Waals surface area contributed by atoms with Crippen molar-refractivity contribution in [2.75, 3.05) is 6.54 Å². The third-order valence-electron chi connectivity index (χ3n) is 1.31. The van der Waals surface area contributed by atoms with E-state index in [1.54, 1.807) is 0 Å². The minimum Gasteiger partial charge on any atom is -0.312 e. The Morgan fingerprint density at radius 2 is 2.17 bits per heavy atom. The van der Waals surface area contributed by atoms with Gasteiger partial charge in [-0.05, 0) is 24.4 Å². The first-order valence-electron chi connectivity index (χ1n) is 4.66. The normalized spacial score (nSPS) is 8.92. The van der Waals surface area contributed by atoms with Crippen molar-refractivity contribution in [3.63, 3.8) is 0 Å². The van der Waals surface area contributed by atoms with Crippen molar-refractivity contribution in [1.82, 2.24) is 5.32 Å². The van der Waals surface area contributed by atoms with Gasteiger partial charge in [0, 0.05) is 11.4 Å². The highest BCUT2D eigenvalue weighted by Gasteiger charge is 1.89. The fourth-order valence-electron chi connectivity index (χ4n) is 0.802. The van der Waals surface area contributed by atoms with Crippen LogP contribution in [0.3, 0.4) is 0 Å². The van der Waals surface area contributed by atoms with Crippen LogP contribution in [-0.2, 0) is 6.54 Å². The topological polar surface area (TPSA) is 12.0 Å². The fourth-order valence-corrected chi connectivity index (χ4v) is 1.48. The highest BCUT2D eigenvalue weighted by Crippen LogP contribution is 2.06. The van der Waals surface area contributed by atoms with Gasteiger partial charge in [0.05, 0.1) is 0 Å². The molecule has 0 radical (unpaired) electrons. The summed E-state index contributed by atoms with van der Waals surface area (Å²) in [6.45, 7) is 8.34. The van der Waals surface area contributed by atoms with Gasteiger partial charge >= 0.3 is 0 Å². The molecule has 0 aromatic carbocycles. The molecule has 1 heterocycles. The zero-order chi connectivity index (χ0) is 9.23. The zero-order valence-electron chi connectivity index (χ0n) is 8.26. The maximum absolute atomic E-state index is 3.35. The number of rotatable bonds is 4. The van der Waals surface area contributed by atoms with E-state index >= 15 is 0 Å². The minimum atomic E-state index is 1.03. The highest BCUT2D eigenvalue weighted by molar-refractivity contribution is 7.09. The van der Waals surface area contributed by atoms with Crippen molar-refractivity contribution in [3.8, 4) is 0 Å². The number of nitrogens with one attached hydrogen (secondary N) is 1. The Morgan fingerprint density at radius 1 is 1.42 bits per heavy atom. The van der Waals surface area contributed by atoms with Crippen LogP contribution in [0.4, 0.5) is 0 Å². The van der Waals surface area contributed by atoms with Crippen molar-refractivity contribution < 1.29 is 0 Å². The van der Waals surface area contributed by atoms with Gasteiger partial charge in [-0.2, -0.15) is 0 Å². The molecule has 1 aromatic rings. The molecule has 1 aromatic heterocycles. The van der Waals surface area contributed by atoms with E-state index in [0.29, 0.717) is 0 Å². The lowest BCUT2D eigenvalue weighted by molar-refractivity contribution is 0.681.